The molecular formula is C19H13ClF3N5OS. The van der Waals surface area contributed by atoms with E-state index in [-0.39, 0.29) is 16.7 Å². The monoisotopic (exact) mass is 451 g/mol. The summed E-state index contributed by atoms with van der Waals surface area (Å²) in [6, 6.07) is 10.2. The number of benzene rings is 1. The molecule has 0 spiro atoms. The predicted octanol–water partition coefficient (Wildman–Crippen LogP) is 5.50. The molecule has 0 aliphatic carbocycles. The van der Waals surface area contributed by atoms with Crippen molar-refractivity contribution in [1.82, 2.24) is 24.7 Å². The third kappa shape index (κ3) is 4.65. The van der Waals surface area contributed by atoms with E-state index in [4.69, 9.17) is 16.0 Å². The molecule has 30 heavy (non-hydrogen) atoms. The van der Waals surface area contributed by atoms with Crippen LogP contribution in [-0.4, -0.2) is 30.9 Å². The number of pyridine rings is 1. The molecule has 0 radical (unpaired) electrons. The minimum atomic E-state index is -4.43. The van der Waals surface area contributed by atoms with Crippen molar-refractivity contribution < 1.29 is 17.6 Å². The second-order valence-corrected chi connectivity index (χ2v) is 7.51. The number of oxazole rings is 1. The summed E-state index contributed by atoms with van der Waals surface area (Å²) in [6.45, 7) is -1.20. The molecule has 0 aliphatic rings. The van der Waals surface area contributed by atoms with Gasteiger partial charge in [-0.25, -0.2) is 4.98 Å². The normalized spacial score (nSPS) is 11.7. The van der Waals surface area contributed by atoms with Gasteiger partial charge in [-0.3, -0.25) is 9.55 Å². The molecule has 3 heterocycles. The standard InChI is InChI=1S/C19H13ClF3N5OS/c20-15-4-2-1-3-14(15)17-25-13(9-29-17)10-30-18-27-26-16(12-5-7-24-8-6-12)28(18)11-19(21,22)23/h1-9H,10-11H2. The van der Waals surface area contributed by atoms with Crippen molar-refractivity contribution in [3.05, 3.63) is 65.8 Å². The van der Waals surface area contributed by atoms with Crippen LogP contribution in [0.5, 0.6) is 0 Å². The van der Waals surface area contributed by atoms with Gasteiger partial charge in [-0.1, -0.05) is 35.5 Å². The Morgan fingerprint density at radius 1 is 1.07 bits per heavy atom. The molecule has 11 heteroatoms. The van der Waals surface area contributed by atoms with Crippen molar-refractivity contribution in [3.8, 4) is 22.8 Å². The van der Waals surface area contributed by atoms with Crippen molar-refractivity contribution in [3.63, 3.8) is 0 Å². The van der Waals surface area contributed by atoms with Gasteiger partial charge in [0.05, 0.1) is 16.3 Å². The van der Waals surface area contributed by atoms with Crippen LogP contribution < -0.4 is 0 Å². The Labute approximate surface area is 178 Å². The highest BCUT2D eigenvalue weighted by Gasteiger charge is 2.31. The Hall–Kier alpha value is -2.85. The van der Waals surface area contributed by atoms with Crippen LogP contribution in [0, 0.1) is 0 Å². The van der Waals surface area contributed by atoms with Gasteiger partial charge in [0, 0.05) is 23.7 Å². The maximum atomic E-state index is 13.1. The second kappa shape index (κ2) is 8.49. The first-order valence-electron chi connectivity index (χ1n) is 8.63. The Balaban J connectivity index is 1.57. The van der Waals surface area contributed by atoms with Crippen LogP contribution in [0.4, 0.5) is 13.2 Å². The fraction of sp³-hybridized carbons (Fsp3) is 0.158. The summed E-state index contributed by atoms with van der Waals surface area (Å²) in [5.41, 5.74) is 1.67. The molecule has 0 atom stereocenters. The largest absolute Gasteiger partial charge is 0.444 e. The number of thioether (sulfide) groups is 1. The molecule has 0 saturated heterocycles. The minimum Gasteiger partial charge on any atom is -0.444 e. The van der Waals surface area contributed by atoms with Crippen molar-refractivity contribution >= 4 is 23.4 Å². The van der Waals surface area contributed by atoms with Crippen molar-refractivity contribution in [1.29, 1.82) is 0 Å². The van der Waals surface area contributed by atoms with Gasteiger partial charge in [0.1, 0.15) is 12.8 Å². The zero-order valence-corrected chi connectivity index (χ0v) is 16.7. The molecular weight excluding hydrogens is 439 g/mol. The van der Waals surface area contributed by atoms with E-state index in [2.05, 4.69) is 20.2 Å². The van der Waals surface area contributed by atoms with Gasteiger partial charge < -0.3 is 4.42 Å². The molecule has 154 valence electrons. The lowest BCUT2D eigenvalue weighted by Gasteiger charge is -2.12. The fourth-order valence-electron chi connectivity index (χ4n) is 2.70. The Kier molecular flexibility index (Phi) is 5.78. The number of nitrogens with zero attached hydrogens (tertiary/aromatic N) is 5. The lowest BCUT2D eigenvalue weighted by molar-refractivity contribution is -0.141. The molecule has 0 aliphatic heterocycles. The highest BCUT2D eigenvalue weighted by molar-refractivity contribution is 7.98. The fourth-order valence-corrected chi connectivity index (χ4v) is 3.73. The average Bonchev–Trinajstić information content (AvgIpc) is 3.33. The van der Waals surface area contributed by atoms with Crippen LogP contribution in [0.1, 0.15) is 5.69 Å². The van der Waals surface area contributed by atoms with Gasteiger partial charge in [0.15, 0.2) is 11.0 Å². The maximum absolute atomic E-state index is 13.1. The number of alkyl halides is 3. The van der Waals surface area contributed by atoms with Crippen molar-refractivity contribution in [2.24, 2.45) is 0 Å². The van der Waals surface area contributed by atoms with Gasteiger partial charge in [-0.15, -0.1) is 10.2 Å². The van der Waals surface area contributed by atoms with Crippen LogP contribution >= 0.6 is 23.4 Å². The third-order valence-corrected chi connectivity index (χ3v) is 5.33. The number of aromatic nitrogens is 5. The zero-order valence-electron chi connectivity index (χ0n) is 15.2. The first-order valence-corrected chi connectivity index (χ1v) is 9.99. The van der Waals surface area contributed by atoms with E-state index in [0.29, 0.717) is 27.7 Å². The van der Waals surface area contributed by atoms with Gasteiger partial charge in [-0.2, -0.15) is 13.2 Å². The molecule has 0 N–H and O–H groups in total. The van der Waals surface area contributed by atoms with E-state index in [9.17, 15) is 13.2 Å². The summed E-state index contributed by atoms with van der Waals surface area (Å²) in [4.78, 5) is 8.24. The second-order valence-electron chi connectivity index (χ2n) is 6.16. The first-order chi connectivity index (χ1) is 14.4. The summed E-state index contributed by atoms with van der Waals surface area (Å²) >= 11 is 7.23. The molecule has 1 aromatic carbocycles. The SMILES string of the molecule is FC(F)(F)Cn1c(SCc2coc(-c3ccccc3Cl)n2)nnc1-c1ccncc1. The van der Waals surface area contributed by atoms with Crippen molar-refractivity contribution in [2.75, 3.05) is 0 Å². The molecule has 4 aromatic rings. The molecule has 6 nitrogen and oxygen atoms in total. The number of rotatable bonds is 6. The van der Waals surface area contributed by atoms with Crippen LogP contribution in [0.25, 0.3) is 22.8 Å². The highest BCUT2D eigenvalue weighted by Crippen LogP contribution is 2.31. The predicted molar refractivity (Wildman–Crippen MR) is 106 cm³/mol. The molecule has 0 amide bonds. The van der Waals surface area contributed by atoms with Gasteiger partial charge >= 0.3 is 6.18 Å². The van der Waals surface area contributed by atoms with Crippen LogP contribution in [0.3, 0.4) is 0 Å². The van der Waals surface area contributed by atoms with Gasteiger partial charge in [-0.05, 0) is 24.3 Å². The van der Waals surface area contributed by atoms with Gasteiger partial charge in [0.2, 0.25) is 5.89 Å². The third-order valence-electron chi connectivity index (χ3n) is 4.00. The Morgan fingerprint density at radius 2 is 1.83 bits per heavy atom. The lowest BCUT2D eigenvalue weighted by Crippen LogP contribution is -2.19. The summed E-state index contributed by atoms with van der Waals surface area (Å²) in [5.74, 6) is 0.708. The van der Waals surface area contributed by atoms with Crippen LogP contribution in [0.2, 0.25) is 5.02 Å². The lowest BCUT2D eigenvalue weighted by atomic mass is 10.2. The van der Waals surface area contributed by atoms with E-state index < -0.39 is 12.7 Å². The number of hydrogen-bond donors (Lipinski definition) is 0. The molecule has 0 fully saturated rings. The average molecular weight is 452 g/mol. The molecule has 0 bridgehead atoms. The Morgan fingerprint density at radius 3 is 2.57 bits per heavy atom. The number of halogens is 4. The van der Waals surface area contributed by atoms with Crippen molar-refractivity contribution in [2.45, 2.75) is 23.6 Å². The molecule has 0 unspecified atom stereocenters. The Bertz CT molecular complexity index is 1150. The summed E-state index contributed by atoms with van der Waals surface area (Å²) in [5, 5.41) is 8.51. The summed E-state index contributed by atoms with van der Waals surface area (Å²) < 4.78 is 46.0. The highest BCUT2D eigenvalue weighted by atomic mass is 35.5. The summed E-state index contributed by atoms with van der Waals surface area (Å²) in [6.07, 6.45) is -0.00865. The van der Waals surface area contributed by atoms with Crippen LogP contribution in [0.15, 0.2) is 64.6 Å². The zero-order chi connectivity index (χ0) is 21.1. The minimum absolute atomic E-state index is 0.120. The van der Waals surface area contributed by atoms with E-state index >= 15 is 0 Å². The maximum Gasteiger partial charge on any atom is 0.406 e. The first kappa shape index (κ1) is 20.4. The molecule has 0 saturated carbocycles. The smallest absolute Gasteiger partial charge is 0.406 e. The van der Waals surface area contributed by atoms with Gasteiger partial charge in [0.25, 0.3) is 0 Å². The topological polar surface area (TPSA) is 69.6 Å². The molecule has 3 aromatic heterocycles. The quantitative estimate of drug-likeness (QED) is 0.360. The molecule has 4 rings (SSSR count). The van der Waals surface area contributed by atoms with E-state index in [0.717, 1.165) is 16.3 Å². The number of hydrogen-bond acceptors (Lipinski definition) is 6. The van der Waals surface area contributed by atoms with E-state index in [1.807, 2.05) is 0 Å². The van der Waals surface area contributed by atoms with Crippen LogP contribution in [-0.2, 0) is 12.3 Å². The van der Waals surface area contributed by atoms with E-state index in [1.165, 1.54) is 18.7 Å². The van der Waals surface area contributed by atoms with E-state index in [1.54, 1.807) is 36.4 Å². The summed E-state index contributed by atoms with van der Waals surface area (Å²) in [7, 11) is 0.